The highest BCUT2D eigenvalue weighted by molar-refractivity contribution is 6.08. The quantitative estimate of drug-likeness (QED) is 0.548. The smallest absolute Gasteiger partial charge is 0.120 e. The molecule has 0 spiro atoms. The maximum absolute atomic E-state index is 6.10. The van der Waals surface area contributed by atoms with Gasteiger partial charge in [-0.1, -0.05) is 50.3 Å². The van der Waals surface area contributed by atoms with Crippen LogP contribution >= 0.6 is 0 Å². The molecule has 0 aliphatic heterocycles. The van der Waals surface area contributed by atoms with Gasteiger partial charge in [0.15, 0.2) is 0 Å². The van der Waals surface area contributed by atoms with E-state index in [0.29, 0.717) is 0 Å². The zero-order chi connectivity index (χ0) is 16.4. The lowest BCUT2D eigenvalue weighted by Crippen LogP contribution is -2.10. The van der Waals surface area contributed by atoms with E-state index in [1.807, 2.05) is 0 Å². The van der Waals surface area contributed by atoms with Crippen LogP contribution in [0, 0.1) is 5.92 Å². The van der Waals surface area contributed by atoms with Crippen LogP contribution in [0.3, 0.4) is 0 Å². The Hall–Kier alpha value is -1.96. The fourth-order valence-corrected chi connectivity index (χ4v) is 4.28. The van der Waals surface area contributed by atoms with Gasteiger partial charge < -0.3 is 9.30 Å². The molecule has 1 aliphatic carbocycles. The van der Waals surface area contributed by atoms with E-state index in [0.717, 1.165) is 24.8 Å². The molecule has 126 valence electrons. The summed E-state index contributed by atoms with van der Waals surface area (Å²) < 4.78 is 8.48. The molecule has 1 fully saturated rings. The highest BCUT2D eigenvalue weighted by Crippen LogP contribution is 2.32. The van der Waals surface area contributed by atoms with Gasteiger partial charge in [0, 0.05) is 28.4 Å². The summed E-state index contributed by atoms with van der Waals surface area (Å²) in [5.41, 5.74) is 2.62. The van der Waals surface area contributed by atoms with Crippen LogP contribution < -0.4 is 4.74 Å². The molecule has 0 N–H and O–H groups in total. The molecule has 2 aromatic carbocycles. The average Bonchev–Trinajstić information content (AvgIpc) is 2.96. The molecule has 2 heteroatoms. The van der Waals surface area contributed by atoms with Crippen LogP contribution in [0.15, 0.2) is 42.5 Å². The predicted octanol–water partition coefficient (Wildman–Crippen LogP) is 6.16. The molecule has 4 rings (SSSR count). The maximum atomic E-state index is 6.10. The number of rotatable bonds is 5. The van der Waals surface area contributed by atoms with E-state index in [9.17, 15) is 0 Å². The first-order valence-electron chi connectivity index (χ1n) is 9.50. The van der Waals surface area contributed by atoms with Crippen LogP contribution in [-0.2, 0) is 6.54 Å². The summed E-state index contributed by atoms with van der Waals surface area (Å²) in [4.78, 5) is 0. The molecule has 1 heterocycles. The Morgan fingerprint density at radius 2 is 1.75 bits per heavy atom. The number of para-hydroxylation sites is 1. The van der Waals surface area contributed by atoms with E-state index in [1.54, 1.807) is 0 Å². The molecule has 0 bridgehead atoms. The van der Waals surface area contributed by atoms with Gasteiger partial charge in [0.2, 0.25) is 0 Å². The molecule has 1 aliphatic rings. The van der Waals surface area contributed by atoms with Crippen molar-refractivity contribution in [2.75, 3.05) is 6.61 Å². The van der Waals surface area contributed by atoms with E-state index >= 15 is 0 Å². The van der Waals surface area contributed by atoms with Gasteiger partial charge in [-0.05, 0) is 43.5 Å². The van der Waals surface area contributed by atoms with Crippen LogP contribution in [0.5, 0.6) is 5.75 Å². The number of nitrogens with zero attached hydrogens (tertiary/aromatic N) is 1. The third-order valence-electron chi connectivity index (χ3n) is 5.58. The number of ether oxygens (including phenoxy) is 1. The Balaban J connectivity index is 1.55. The van der Waals surface area contributed by atoms with Crippen molar-refractivity contribution in [3.63, 3.8) is 0 Å². The minimum absolute atomic E-state index is 0.850. The first kappa shape index (κ1) is 15.6. The molecular formula is C22H27NO. The fourth-order valence-electron chi connectivity index (χ4n) is 4.28. The van der Waals surface area contributed by atoms with E-state index in [-0.39, 0.29) is 0 Å². The first-order valence-corrected chi connectivity index (χ1v) is 9.50. The summed E-state index contributed by atoms with van der Waals surface area (Å²) in [6.07, 6.45) is 8.24. The van der Waals surface area contributed by atoms with Crippen molar-refractivity contribution in [1.82, 2.24) is 4.57 Å². The van der Waals surface area contributed by atoms with Crippen molar-refractivity contribution < 1.29 is 4.74 Å². The van der Waals surface area contributed by atoms with Gasteiger partial charge >= 0.3 is 0 Å². The van der Waals surface area contributed by atoms with Gasteiger partial charge in [-0.3, -0.25) is 0 Å². The van der Waals surface area contributed by atoms with E-state index < -0.39 is 0 Å². The third-order valence-corrected chi connectivity index (χ3v) is 5.58. The molecule has 0 unspecified atom stereocenters. The zero-order valence-corrected chi connectivity index (χ0v) is 14.6. The Morgan fingerprint density at radius 1 is 0.958 bits per heavy atom. The van der Waals surface area contributed by atoms with E-state index in [2.05, 4.69) is 54.0 Å². The van der Waals surface area contributed by atoms with E-state index in [1.165, 1.54) is 60.3 Å². The largest absolute Gasteiger partial charge is 0.494 e. The average molecular weight is 321 g/mol. The minimum Gasteiger partial charge on any atom is -0.494 e. The molecule has 2 nitrogen and oxygen atoms in total. The topological polar surface area (TPSA) is 14.2 Å². The highest BCUT2D eigenvalue weighted by atomic mass is 16.5. The van der Waals surface area contributed by atoms with Gasteiger partial charge in [-0.15, -0.1) is 0 Å². The summed E-state index contributed by atoms with van der Waals surface area (Å²) in [5.74, 6) is 1.89. The normalized spacial score (nSPS) is 16.0. The van der Waals surface area contributed by atoms with Crippen molar-refractivity contribution in [3.05, 3.63) is 42.5 Å². The lowest BCUT2D eigenvalue weighted by Gasteiger charge is -2.21. The van der Waals surface area contributed by atoms with Crippen molar-refractivity contribution in [2.45, 2.75) is 52.0 Å². The highest BCUT2D eigenvalue weighted by Gasteiger charge is 2.14. The van der Waals surface area contributed by atoms with Gasteiger partial charge in [0.05, 0.1) is 6.61 Å². The zero-order valence-electron chi connectivity index (χ0n) is 14.6. The summed E-state index contributed by atoms with van der Waals surface area (Å²) in [6, 6.07) is 15.2. The van der Waals surface area contributed by atoms with Gasteiger partial charge in [0.1, 0.15) is 5.75 Å². The summed E-state index contributed by atoms with van der Waals surface area (Å²) in [5, 5.41) is 2.63. The molecule has 0 amide bonds. The maximum Gasteiger partial charge on any atom is 0.120 e. The Bertz CT molecular complexity index is 826. The number of benzene rings is 2. The standard InChI is InChI=1S/C22H27NO/c1-2-23-21-11-7-6-10-19(21)20-16-18(12-13-22(20)23)24-15-14-17-8-4-3-5-9-17/h6-7,10-13,16-17H,2-5,8-9,14-15H2,1H3. The van der Waals surface area contributed by atoms with Crippen LogP contribution in [-0.4, -0.2) is 11.2 Å². The Kier molecular flexibility index (Phi) is 4.46. The second-order valence-electron chi connectivity index (χ2n) is 7.08. The Morgan fingerprint density at radius 3 is 2.58 bits per heavy atom. The number of aryl methyl sites for hydroxylation is 1. The number of hydrogen-bond acceptors (Lipinski definition) is 1. The van der Waals surface area contributed by atoms with Crippen molar-refractivity contribution >= 4 is 21.8 Å². The number of hydrogen-bond donors (Lipinski definition) is 0. The number of fused-ring (bicyclic) bond motifs is 3. The van der Waals surface area contributed by atoms with Gasteiger partial charge in [0.25, 0.3) is 0 Å². The molecule has 0 saturated heterocycles. The van der Waals surface area contributed by atoms with Crippen LogP contribution in [0.2, 0.25) is 0 Å². The fraction of sp³-hybridized carbons (Fsp3) is 0.455. The third kappa shape index (κ3) is 2.90. The van der Waals surface area contributed by atoms with Crippen molar-refractivity contribution in [1.29, 1.82) is 0 Å². The predicted molar refractivity (Wildman–Crippen MR) is 102 cm³/mol. The van der Waals surface area contributed by atoms with Crippen molar-refractivity contribution in [3.8, 4) is 5.75 Å². The van der Waals surface area contributed by atoms with Gasteiger partial charge in [-0.2, -0.15) is 0 Å². The summed E-state index contributed by atoms with van der Waals surface area (Å²) in [6.45, 7) is 4.05. The monoisotopic (exact) mass is 321 g/mol. The molecule has 3 aromatic rings. The molecule has 1 aromatic heterocycles. The summed E-state index contributed by atoms with van der Waals surface area (Å²) >= 11 is 0. The first-order chi connectivity index (χ1) is 11.9. The molecule has 0 radical (unpaired) electrons. The lowest BCUT2D eigenvalue weighted by atomic mass is 9.87. The van der Waals surface area contributed by atoms with Gasteiger partial charge in [-0.25, -0.2) is 0 Å². The van der Waals surface area contributed by atoms with Crippen LogP contribution in [0.4, 0.5) is 0 Å². The minimum atomic E-state index is 0.850. The molecule has 0 atom stereocenters. The van der Waals surface area contributed by atoms with E-state index in [4.69, 9.17) is 4.74 Å². The number of aromatic nitrogens is 1. The SMILES string of the molecule is CCn1c2ccccc2c2cc(OCCC3CCCCC3)ccc21. The second-order valence-corrected chi connectivity index (χ2v) is 7.08. The molecular weight excluding hydrogens is 294 g/mol. The van der Waals surface area contributed by atoms with Crippen LogP contribution in [0.1, 0.15) is 45.4 Å². The lowest BCUT2D eigenvalue weighted by molar-refractivity contribution is 0.246. The Labute approximate surface area is 144 Å². The van der Waals surface area contributed by atoms with Crippen molar-refractivity contribution in [2.24, 2.45) is 5.92 Å². The van der Waals surface area contributed by atoms with Crippen LogP contribution in [0.25, 0.3) is 21.8 Å². The molecule has 24 heavy (non-hydrogen) atoms. The summed E-state index contributed by atoms with van der Waals surface area (Å²) in [7, 11) is 0. The molecule has 1 saturated carbocycles. The second kappa shape index (κ2) is 6.88.